The molecular weight excluding hydrogens is 462 g/mol. The molecule has 3 heterocycles. The van der Waals surface area contributed by atoms with Crippen LogP contribution in [0, 0.1) is 29.6 Å². The zero-order chi connectivity index (χ0) is 23.2. The number of amides is 2. The maximum atomic E-state index is 13.2. The molecule has 2 aromatic rings. The number of carboxylic acid groups (broad SMARTS) is 1. The zero-order valence-electron chi connectivity index (χ0n) is 18.1. The van der Waals surface area contributed by atoms with E-state index in [-0.39, 0.29) is 45.6 Å². The second-order valence-electron chi connectivity index (χ2n) is 9.60. The number of hydrogen-bond acceptors (Lipinski definition) is 7. The van der Waals surface area contributed by atoms with Gasteiger partial charge >= 0.3 is 10.8 Å². The van der Waals surface area contributed by atoms with Crippen molar-refractivity contribution in [2.75, 3.05) is 25.5 Å². The number of likely N-dealkylation sites (tertiary alicyclic amines) is 1. The molecule has 7 atom stereocenters. The van der Waals surface area contributed by atoms with Gasteiger partial charge in [-0.3, -0.25) is 24.1 Å². The third kappa shape index (κ3) is 2.89. The third-order valence-corrected chi connectivity index (χ3v) is 10.5. The van der Waals surface area contributed by atoms with E-state index in [0.717, 1.165) is 32.5 Å². The number of aromatic amines is 1. The van der Waals surface area contributed by atoms with E-state index in [0.29, 0.717) is 0 Å². The fourth-order valence-electron chi connectivity index (χ4n) is 6.72. The molecule has 2 N–H and O–H groups in total. The number of thiazole rings is 1. The van der Waals surface area contributed by atoms with E-state index in [1.165, 1.54) is 11.3 Å². The summed E-state index contributed by atoms with van der Waals surface area (Å²) in [6, 6.07) is 8.33. The van der Waals surface area contributed by atoms with E-state index in [2.05, 4.69) is 29.2 Å². The number of nitrogens with one attached hydrogen (secondary N) is 1. The van der Waals surface area contributed by atoms with Crippen molar-refractivity contribution in [1.29, 1.82) is 0 Å². The lowest BCUT2D eigenvalue weighted by Crippen LogP contribution is -2.42. The number of aromatic nitrogens is 1. The molecule has 2 aliphatic carbocycles. The highest BCUT2D eigenvalue weighted by Gasteiger charge is 2.69. The van der Waals surface area contributed by atoms with Crippen molar-refractivity contribution >= 4 is 46.6 Å². The number of carbonyl (C=O) groups excluding carboxylic acids is 2. The Kier molecular flexibility index (Phi) is 4.58. The lowest BCUT2D eigenvalue weighted by molar-refractivity contribution is -0.149. The van der Waals surface area contributed by atoms with Crippen LogP contribution in [-0.4, -0.2) is 58.7 Å². The molecule has 0 spiro atoms. The summed E-state index contributed by atoms with van der Waals surface area (Å²) in [6.45, 7) is -0.567. The predicted octanol–water partition coefficient (Wildman–Crippen LogP) is 2.06. The Hall–Kier alpha value is -2.59. The van der Waals surface area contributed by atoms with Gasteiger partial charge in [0.1, 0.15) is 6.54 Å². The average molecular weight is 486 g/mol. The third-order valence-electron chi connectivity index (χ3n) is 7.88. The second-order valence-corrected chi connectivity index (χ2v) is 11.8. The van der Waals surface area contributed by atoms with Crippen LogP contribution in [0.1, 0.15) is 22.8 Å². The van der Waals surface area contributed by atoms with Crippen LogP contribution >= 0.6 is 23.1 Å². The van der Waals surface area contributed by atoms with Crippen molar-refractivity contribution in [2.24, 2.45) is 29.6 Å². The van der Waals surface area contributed by atoms with Crippen molar-refractivity contribution in [3.05, 3.63) is 44.4 Å². The summed E-state index contributed by atoms with van der Waals surface area (Å²) in [5.74, 6) is -2.65. The first-order valence-electron chi connectivity index (χ1n) is 11.0. The van der Waals surface area contributed by atoms with E-state index in [1.54, 1.807) is 11.8 Å². The summed E-state index contributed by atoms with van der Waals surface area (Å²) in [4.78, 5) is 56.7. The minimum atomic E-state index is -1.17. The van der Waals surface area contributed by atoms with Gasteiger partial charge in [0.25, 0.3) is 0 Å². The Morgan fingerprint density at radius 2 is 1.79 bits per heavy atom. The molecular formula is C23H23N3O5S2. The quantitative estimate of drug-likeness (QED) is 0.638. The van der Waals surface area contributed by atoms with Gasteiger partial charge in [-0.2, -0.15) is 0 Å². The van der Waals surface area contributed by atoms with Crippen LogP contribution in [0.5, 0.6) is 0 Å². The van der Waals surface area contributed by atoms with Crippen molar-refractivity contribution in [3.63, 3.8) is 0 Å². The summed E-state index contributed by atoms with van der Waals surface area (Å²) in [5.41, 5.74) is 2.19. The SMILES string of the molecule is CN(C)c1ccc([C@@H]2c3sc(=O)[nH]c3S[C@@H]3[C@@H]4C[C@@H]([C@@H]5C(=O)N(CC(=O)O)C(=O)[C@@H]45)[C@H]23)cc1. The smallest absolute Gasteiger partial charge is 0.323 e. The molecule has 33 heavy (non-hydrogen) atoms. The Bertz CT molecular complexity index is 1240. The van der Waals surface area contributed by atoms with E-state index in [1.807, 2.05) is 19.0 Å². The summed E-state index contributed by atoms with van der Waals surface area (Å²) in [6.07, 6.45) is 0.793. The van der Waals surface area contributed by atoms with Gasteiger partial charge in [-0.1, -0.05) is 23.5 Å². The molecule has 1 saturated heterocycles. The summed E-state index contributed by atoms with van der Waals surface area (Å²) in [5, 5.41) is 10.2. The first-order valence-corrected chi connectivity index (χ1v) is 12.7. The topological polar surface area (TPSA) is 111 Å². The second kappa shape index (κ2) is 7.20. The number of hydrogen-bond donors (Lipinski definition) is 2. The molecule has 3 fully saturated rings. The molecule has 8 nitrogen and oxygen atoms in total. The van der Waals surface area contributed by atoms with Gasteiger partial charge in [0.15, 0.2) is 0 Å². The van der Waals surface area contributed by atoms with Crippen LogP contribution < -0.4 is 9.77 Å². The van der Waals surface area contributed by atoms with Gasteiger partial charge in [-0.25, -0.2) is 0 Å². The number of imide groups is 1. The van der Waals surface area contributed by atoms with E-state index in [9.17, 15) is 24.3 Å². The summed E-state index contributed by atoms with van der Waals surface area (Å²) >= 11 is 2.87. The molecule has 6 rings (SSSR count). The van der Waals surface area contributed by atoms with Crippen molar-refractivity contribution in [2.45, 2.75) is 22.6 Å². The minimum absolute atomic E-state index is 0.00313. The maximum absolute atomic E-state index is 13.2. The van der Waals surface area contributed by atoms with E-state index in [4.69, 9.17) is 0 Å². The summed E-state index contributed by atoms with van der Waals surface area (Å²) < 4.78 is 0. The normalized spacial score (nSPS) is 33.8. The minimum Gasteiger partial charge on any atom is -0.480 e. The van der Waals surface area contributed by atoms with Crippen LogP contribution in [0.25, 0.3) is 0 Å². The highest BCUT2D eigenvalue weighted by Crippen LogP contribution is 2.68. The Morgan fingerprint density at radius 3 is 2.42 bits per heavy atom. The number of carboxylic acids is 1. The van der Waals surface area contributed by atoms with Gasteiger partial charge < -0.3 is 15.0 Å². The van der Waals surface area contributed by atoms with Crippen LogP contribution in [0.4, 0.5) is 5.69 Å². The van der Waals surface area contributed by atoms with E-state index < -0.39 is 24.3 Å². The fraction of sp³-hybridized carbons (Fsp3) is 0.478. The number of rotatable bonds is 4. The maximum Gasteiger partial charge on any atom is 0.323 e. The number of H-pyrrole nitrogens is 1. The first-order chi connectivity index (χ1) is 15.8. The molecule has 0 unspecified atom stereocenters. The largest absolute Gasteiger partial charge is 0.480 e. The van der Waals surface area contributed by atoms with Crippen molar-refractivity contribution in [1.82, 2.24) is 9.88 Å². The Balaban J connectivity index is 1.43. The number of fused-ring (bicyclic) bond motifs is 9. The van der Waals surface area contributed by atoms with Gasteiger partial charge in [-0.05, 0) is 41.9 Å². The fourth-order valence-corrected chi connectivity index (χ4v) is 9.61. The molecule has 2 bridgehead atoms. The lowest BCUT2D eigenvalue weighted by atomic mass is 9.68. The number of aliphatic carboxylic acids is 1. The average Bonchev–Trinajstić information content (AvgIpc) is 3.49. The lowest BCUT2D eigenvalue weighted by Gasteiger charge is -2.43. The number of thioether (sulfide) groups is 1. The standard InChI is InChI=1S/C23H23N3O5S2/c1-25(2)10-5-3-9(4-6-10)14-15-11-7-12(18(15)32-20-19(14)33-23(31)24-20)17-16(11)21(29)26(22(17)30)8-13(27)28/h3-6,11-12,14-18H,7-8H2,1-2H3,(H,24,31)(H,27,28)/t11-,12-,14+,15-,16+,17+,18-/m1/s1. The number of nitrogens with zero attached hydrogens (tertiary/aromatic N) is 2. The van der Waals surface area contributed by atoms with E-state index >= 15 is 0 Å². The molecule has 4 aliphatic rings. The first kappa shape index (κ1) is 21.0. The van der Waals surface area contributed by atoms with Gasteiger partial charge in [-0.15, -0.1) is 11.8 Å². The van der Waals surface area contributed by atoms with Crippen molar-refractivity contribution < 1.29 is 19.5 Å². The van der Waals surface area contributed by atoms with Crippen LogP contribution in [-0.2, 0) is 14.4 Å². The Morgan fingerprint density at radius 1 is 1.12 bits per heavy atom. The zero-order valence-corrected chi connectivity index (χ0v) is 19.7. The monoisotopic (exact) mass is 485 g/mol. The molecule has 2 aliphatic heterocycles. The molecule has 0 radical (unpaired) electrons. The van der Waals surface area contributed by atoms with Gasteiger partial charge in [0, 0.05) is 35.8 Å². The molecule has 172 valence electrons. The Labute approximate surface area is 198 Å². The summed E-state index contributed by atoms with van der Waals surface area (Å²) in [7, 11) is 3.97. The number of carbonyl (C=O) groups is 3. The molecule has 1 aromatic carbocycles. The van der Waals surface area contributed by atoms with Crippen LogP contribution in [0.15, 0.2) is 34.1 Å². The number of benzene rings is 1. The molecule has 1 aromatic heterocycles. The molecule has 2 amide bonds. The van der Waals surface area contributed by atoms with Crippen molar-refractivity contribution in [3.8, 4) is 0 Å². The molecule has 2 saturated carbocycles. The number of anilines is 1. The predicted molar refractivity (Wildman–Crippen MR) is 124 cm³/mol. The van der Waals surface area contributed by atoms with Gasteiger partial charge in [0.2, 0.25) is 11.8 Å². The van der Waals surface area contributed by atoms with Crippen LogP contribution in [0.3, 0.4) is 0 Å². The van der Waals surface area contributed by atoms with Crippen LogP contribution in [0.2, 0.25) is 0 Å². The van der Waals surface area contributed by atoms with Gasteiger partial charge in [0.05, 0.1) is 16.9 Å². The highest BCUT2D eigenvalue weighted by atomic mass is 32.2. The highest BCUT2D eigenvalue weighted by molar-refractivity contribution is 8.00. The molecule has 10 heteroatoms.